The smallest absolute Gasteiger partial charge is 0.0305 e. The molecule has 0 aliphatic heterocycles. The maximum absolute atomic E-state index is 3.47. The third-order valence-electron chi connectivity index (χ3n) is 1.24. The maximum Gasteiger partial charge on any atom is 0.0305 e. The fourth-order valence-electron chi connectivity index (χ4n) is 0.700. The Bertz CT molecular complexity index is 246. The van der Waals surface area contributed by atoms with Crippen LogP contribution in [0.1, 0.15) is 5.56 Å². The minimum absolute atomic E-state index is 0.849. The van der Waals surface area contributed by atoms with E-state index in [1.54, 1.807) is 0 Å². The standard InChI is InChI=1S/C7H4Br4/c8-3-5-6(10)1-4(9)2-7(5)11/h1-2H,3H2. The van der Waals surface area contributed by atoms with Gasteiger partial charge in [0.15, 0.2) is 0 Å². The number of alkyl halides is 1. The number of rotatable bonds is 1. The van der Waals surface area contributed by atoms with Gasteiger partial charge in [-0.2, -0.15) is 0 Å². The molecule has 4 heteroatoms. The highest BCUT2D eigenvalue weighted by Gasteiger charge is 2.04. The minimum Gasteiger partial charge on any atom is -0.0875 e. The summed E-state index contributed by atoms with van der Waals surface area (Å²) in [6.45, 7) is 0. The summed E-state index contributed by atoms with van der Waals surface area (Å²) in [6.07, 6.45) is 0. The molecule has 0 aliphatic carbocycles. The largest absolute Gasteiger partial charge is 0.0875 e. The van der Waals surface area contributed by atoms with Gasteiger partial charge in [-0.15, -0.1) is 0 Å². The van der Waals surface area contributed by atoms with Crippen LogP contribution in [0, 0.1) is 0 Å². The first-order chi connectivity index (χ1) is 5.15. The predicted molar refractivity (Wildman–Crippen MR) is 62.2 cm³/mol. The molecular weight excluding hydrogens is 404 g/mol. The molecule has 0 aromatic heterocycles. The van der Waals surface area contributed by atoms with Crippen LogP contribution in [0.15, 0.2) is 25.6 Å². The SMILES string of the molecule is BrCc1c(Br)cc(Br)cc1Br. The lowest BCUT2D eigenvalue weighted by Crippen LogP contribution is -1.82. The van der Waals surface area contributed by atoms with Gasteiger partial charge in [0.05, 0.1) is 0 Å². The Morgan fingerprint density at radius 3 is 1.82 bits per heavy atom. The zero-order valence-corrected chi connectivity index (χ0v) is 11.7. The van der Waals surface area contributed by atoms with Gasteiger partial charge in [-0.1, -0.05) is 63.7 Å². The van der Waals surface area contributed by atoms with Crippen LogP contribution in [0.5, 0.6) is 0 Å². The first kappa shape index (κ1) is 10.2. The second-order valence-corrected chi connectivity index (χ2v) is 5.17. The van der Waals surface area contributed by atoms with Crippen LogP contribution in [0.2, 0.25) is 0 Å². The third kappa shape index (κ3) is 2.54. The Morgan fingerprint density at radius 2 is 1.45 bits per heavy atom. The molecule has 1 aromatic rings. The lowest BCUT2D eigenvalue weighted by Gasteiger charge is -2.03. The molecule has 1 aromatic carbocycles. The van der Waals surface area contributed by atoms with Crippen LogP contribution < -0.4 is 0 Å². The Labute approximate surface area is 99.3 Å². The molecule has 0 atom stereocenters. The monoisotopic (exact) mass is 404 g/mol. The van der Waals surface area contributed by atoms with Gasteiger partial charge in [0, 0.05) is 18.7 Å². The van der Waals surface area contributed by atoms with Gasteiger partial charge in [0.1, 0.15) is 0 Å². The van der Waals surface area contributed by atoms with Crippen molar-refractivity contribution in [3.63, 3.8) is 0 Å². The molecule has 11 heavy (non-hydrogen) atoms. The van der Waals surface area contributed by atoms with Crippen LogP contribution in [-0.2, 0) is 5.33 Å². The van der Waals surface area contributed by atoms with Crippen molar-refractivity contribution >= 4 is 63.7 Å². The van der Waals surface area contributed by atoms with Gasteiger partial charge < -0.3 is 0 Å². The van der Waals surface area contributed by atoms with Gasteiger partial charge >= 0.3 is 0 Å². The Hall–Kier alpha value is 1.14. The summed E-state index contributed by atoms with van der Waals surface area (Å²) in [6, 6.07) is 4.06. The van der Waals surface area contributed by atoms with Gasteiger partial charge in [0.25, 0.3) is 0 Å². The minimum atomic E-state index is 0.849. The molecule has 0 amide bonds. The summed E-state index contributed by atoms with van der Waals surface area (Å²) in [5.74, 6) is 0. The van der Waals surface area contributed by atoms with Crippen LogP contribution in [0.25, 0.3) is 0 Å². The van der Waals surface area contributed by atoms with E-state index in [4.69, 9.17) is 0 Å². The third-order valence-corrected chi connectivity index (χ3v) is 3.67. The van der Waals surface area contributed by atoms with Crippen molar-refractivity contribution in [2.75, 3.05) is 0 Å². The molecule has 0 saturated carbocycles. The highest BCUT2D eigenvalue weighted by Crippen LogP contribution is 2.31. The number of halogens is 4. The van der Waals surface area contributed by atoms with Gasteiger partial charge in [-0.05, 0) is 17.7 Å². The van der Waals surface area contributed by atoms with E-state index in [1.165, 1.54) is 5.56 Å². The van der Waals surface area contributed by atoms with E-state index in [0.717, 1.165) is 18.7 Å². The molecule has 0 radical (unpaired) electrons. The van der Waals surface area contributed by atoms with Gasteiger partial charge in [-0.3, -0.25) is 0 Å². The summed E-state index contributed by atoms with van der Waals surface area (Å²) in [7, 11) is 0. The molecule has 0 fully saturated rings. The number of hydrogen-bond donors (Lipinski definition) is 0. The zero-order chi connectivity index (χ0) is 8.43. The summed E-state index contributed by atoms with van der Waals surface area (Å²) < 4.78 is 3.28. The second-order valence-electron chi connectivity index (χ2n) is 1.98. The lowest BCUT2D eigenvalue weighted by molar-refractivity contribution is 1.35. The highest BCUT2D eigenvalue weighted by molar-refractivity contribution is 9.11. The van der Waals surface area contributed by atoms with Crippen LogP contribution in [0.3, 0.4) is 0 Å². The quantitative estimate of drug-likeness (QED) is 0.583. The normalized spacial score (nSPS) is 10.2. The highest BCUT2D eigenvalue weighted by atomic mass is 79.9. The van der Waals surface area contributed by atoms with Crippen LogP contribution in [0.4, 0.5) is 0 Å². The topological polar surface area (TPSA) is 0 Å². The fraction of sp³-hybridized carbons (Fsp3) is 0.143. The molecule has 0 nitrogen and oxygen atoms in total. The summed E-state index contributed by atoms with van der Waals surface area (Å²) in [5.41, 5.74) is 1.23. The predicted octanol–water partition coefficient (Wildman–Crippen LogP) is 4.87. The van der Waals surface area contributed by atoms with E-state index in [9.17, 15) is 0 Å². The molecule has 1 rings (SSSR count). The van der Waals surface area contributed by atoms with E-state index >= 15 is 0 Å². The Balaban J connectivity index is 3.25. The van der Waals surface area contributed by atoms with E-state index in [0.29, 0.717) is 0 Å². The second kappa shape index (κ2) is 4.40. The first-order valence-corrected chi connectivity index (χ1v) is 6.34. The van der Waals surface area contributed by atoms with Crippen LogP contribution >= 0.6 is 63.7 Å². The average molecular weight is 408 g/mol. The lowest BCUT2D eigenvalue weighted by atomic mass is 10.2. The van der Waals surface area contributed by atoms with E-state index in [-0.39, 0.29) is 0 Å². The molecule has 0 N–H and O–H groups in total. The molecule has 0 heterocycles. The van der Waals surface area contributed by atoms with Crippen LogP contribution in [-0.4, -0.2) is 0 Å². The summed E-state index contributed by atoms with van der Waals surface area (Å²) in [5, 5.41) is 0.849. The molecular formula is C7H4Br4. The number of benzene rings is 1. The van der Waals surface area contributed by atoms with Crippen molar-refractivity contribution in [3.8, 4) is 0 Å². The Morgan fingerprint density at radius 1 is 1.00 bits per heavy atom. The maximum atomic E-state index is 3.47. The van der Waals surface area contributed by atoms with Crippen molar-refractivity contribution < 1.29 is 0 Å². The summed E-state index contributed by atoms with van der Waals surface area (Å²) in [4.78, 5) is 0. The fourth-order valence-corrected chi connectivity index (χ4v) is 4.60. The van der Waals surface area contributed by atoms with E-state index in [2.05, 4.69) is 63.7 Å². The first-order valence-electron chi connectivity index (χ1n) is 2.84. The van der Waals surface area contributed by atoms with Gasteiger partial charge in [0.2, 0.25) is 0 Å². The molecule has 0 spiro atoms. The Kier molecular flexibility index (Phi) is 4.09. The molecule has 0 saturated heterocycles. The van der Waals surface area contributed by atoms with E-state index in [1.807, 2.05) is 12.1 Å². The van der Waals surface area contributed by atoms with Crippen molar-refractivity contribution in [1.82, 2.24) is 0 Å². The molecule has 0 unspecified atom stereocenters. The zero-order valence-electron chi connectivity index (χ0n) is 5.37. The van der Waals surface area contributed by atoms with Crippen molar-refractivity contribution in [2.24, 2.45) is 0 Å². The van der Waals surface area contributed by atoms with Crippen molar-refractivity contribution in [2.45, 2.75) is 5.33 Å². The molecule has 0 aliphatic rings. The van der Waals surface area contributed by atoms with Gasteiger partial charge in [-0.25, -0.2) is 0 Å². The molecule has 60 valence electrons. The average Bonchev–Trinajstić information content (AvgIpc) is 1.85. The molecule has 0 bridgehead atoms. The van der Waals surface area contributed by atoms with Crippen molar-refractivity contribution in [3.05, 3.63) is 31.1 Å². The summed E-state index contributed by atoms with van der Waals surface area (Å²) >= 11 is 13.7. The van der Waals surface area contributed by atoms with E-state index < -0.39 is 0 Å². The van der Waals surface area contributed by atoms with Crippen molar-refractivity contribution in [1.29, 1.82) is 0 Å². The number of hydrogen-bond acceptors (Lipinski definition) is 0.